The Bertz CT molecular complexity index is 260. The van der Waals surface area contributed by atoms with Crippen molar-refractivity contribution in [3.63, 3.8) is 0 Å². The van der Waals surface area contributed by atoms with Gasteiger partial charge in [0.15, 0.2) is 0 Å². The highest BCUT2D eigenvalue weighted by atomic mass is 16.3. The number of nitrogens with one attached hydrogen (secondary N) is 1. The average molecular weight is 207 g/mol. The first-order valence-corrected chi connectivity index (χ1v) is 6.16. The molecule has 0 spiro atoms. The van der Waals surface area contributed by atoms with Crippen molar-refractivity contribution in [2.75, 3.05) is 0 Å². The highest BCUT2D eigenvalue weighted by molar-refractivity contribution is 5.03. The Morgan fingerprint density at radius 2 is 2.00 bits per heavy atom. The second kappa shape index (κ2) is 5.36. The summed E-state index contributed by atoms with van der Waals surface area (Å²) in [6, 6.07) is 5.05. The van der Waals surface area contributed by atoms with Gasteiger partial charge >= 0.3 is 0 Å². The summed E-state index contributed by atoms with van der Waals surface area (Å²) in [6.07, 6.45) is 9.97. The SMILES string of the molecule is C[C@H](NC1CCCCCC1)c1ccco1. The van der Waals surface area contributed by atoms with E-state index in [0.29, 0.717) is 12.1 Å². The van der Waals surface area contributed by atoms with Gasteiger partial charge in [0.25, 0.3) is 0 Å². The molecule has 2 nitrogen and oxygen atoms in total. The molecule has 1 aromatic heterocycles. The second-order valence-corrected chi connectivity index (χ2v) is 4.59. The van der Waals surface area contributed by atoms with Gasteiger partial charge in [0.2, 0.25) is 0 Å². The first kappa shape index (κ1) is 10.7. The van der Waals surface area contributed by atoms with Crippen molar-refractivity contribution in [3.8, 4) is 0 Å². The topological polar surface area (TPSA) is 25.2 Å². The average Bonchev–Trinajstić information content (AvgIpc) is 2.65. The van der Waals surface area contributed by atoms with E-state index in [4.69, 9.17) is 4.42 Å². The van der Waals surface area contributed by atoms with E-state index in [1.54, 1.807) is 6.26 Å². The minimum atomic E-state index is 0.350. The van der Waals surface area contributed by atoms with Gasteiger partial charge in [-0.25, -0.2) is 0 Å². The van der Waals surface area contributed by atoms with Crippen molar-refractivity contribution in [2.24, 2.45) is 0 Å². The molecule has 0 aromatic carbocycles. The van der Waals surface area contributed by atoms with E-state index in [1.165, 1.54) is 38.5 Å². The number of hydrogen-bond donors (Lipinski definition) is 1. The van der Waals surface area contributed by atoms with Gasteiger partial charge in [-0.3, -0.25) is 0 Å². The normalized spacial score (nSPS) is 21.1. The van der Waals surface area contributed by atoms with Crippen LogP contribution in [0.3, 0.4) is 0 Å². The molecule has 0 unspecified atom stereocenters. The molecule has 1 aromatic rings. The Hall–Kier alpha value is -0.760. The monoisotopic (exact) mass is 207 g/mol. The molecule has 2 heteroatoms. The zero-order valence-corrected chi connectivity index (χ0v) is 9.54. The van der Waals surface area contributed by atoms with Gasteiger partial charge in [-0.2, -0.15) is 0 Å². The molecule has 1 N–H and O–H groups in total. The van der Waals surface area contributed by atoms with E-state index in [9.17, 15) is 0 Å². The third-order valence-electron chi connectivity index (χ3n) is 3.31. The van der Waals surface area contributed by atoms with Crippen molar-refractivity contribution in [2.45, 2.75) is 57.5 Å². The van der Waals surface area contributed by atoms with Crippen LogP contribution in [0, 0.1) is 0 Å². The van der Waals surface area contributed by atoms with E-state index < -0.39 is 0 Å². The molecule has 1 aliphatic rings. The minimum Gasteiger partial charge on any atom is -0.468 e. The molecule has 15 heavy (non-hydrogen) atoms. The van der Waals surface area contributed by atoms with Gasteiger partial charge < -0.3 is 9.73 Å². The molecule has 2 rings (SSSR count). The Labute approximate surface area is 92.1 Å². The molecule has 1 heterocycles. The fourth-order valence-corrected chi connectivity index (χ4v) is 2.42. The van der Waals surface area contributed by atoms with Crippen LogP contribution < -0.4 is 5.32 Å². The molecule has 1 saturated carbocycles. The molecular weight excluding hydrogens is 186 g/mol. The fourth-order valence-electron chi connectivity index (χ4n) is 2.42. The highest BCUT2D eigenvalue weighted by Crippen LogP contribution is 2.21. The van der Waals surface area contributed by atoms with E-state index in [1.807, 2.05) is 12.1 Å². The van der Waals surface area contributed by atoms with Gasteiger partial charge in [0.05, 0.1) is 12.3 Å². The molecule has 0 aliphatic heterocycles. The van der Waals surface area contributed by atoms with Gasteiger partial charge in [-0.1, -0.05) is 25.7 Å². The van der Waals surface area contributed by atoms with E-state index in [-0.39, 0.29) is 0 Å². The van der Waals surface area contributed by atoms with Gasteiger partial charge in [0.1, 0.15) is 5.76 Å². The van der Waals surface area contributed by atoms with Crippen molar-refractivity contribution in [1.29, 1.82) is 0 Å². The maximum atomic E-state index is 5.41. The zero-order chi connectivity index (χ0) is 10.5. The first-order chi connectivity index (χ1) is 7.36. The number of hydrogen-bond acceptors (Lipinski definition) is 2. The predicted octanol–water partition coefficient (Wildman–Crippen LogP) is 3.65. The highest BCUT2D eigenvalue weighted by Gasteiger charge is 2.16. The lowest BCUT2D eigenvalue weighted by atomic mass is 10.1. The third kappa shape index (κ3) is 3.10. The van der Waals surface area contributed by atoms with Crippen molar-refractivity contribution in [3.05, 3.63) is 24.2 Å². The lowest BCUT2D eigenvalue weighted by Gasteiger charge is -2.20. The van der Waals surface area contributed by atoms with Gasteiger partial charge in [0, 0.05) is 6.04 Å². The van der Waals surface area contributed by atoms with Crippen LogP contribution in [0.25, 0.3) is 0 Å². The molecule has 0 bridgehead atoms. The molecule has 0 radical (unpaired) electrons. The maximum Gasteiger partial charge on any atom is 0.120 e. The van der Waals surface area contributed by atoms with Crippen LogP contribution >= 0.6 is 0 Å². The second-order valence-electron chi connectivity index (χ2n) is 4.59. The number of rotatable bonds is 3. The van der Waals surface area contributed by atoms with Crippen LogP contribution in [-0.4, -0.2) is 6.04 Å². The fraction of sp³-hybridized carbons (Fsp3) is 0.692. The molecule has 1 atom stereocenters. The third-order valence-corrected chi connectivity index (χ3v) is 3.31. The standard InChI is InChI=1S/C13H21NO/c1-11(13-9-6-10-15-13)14-12-7-4-2-3-5-8-12/h6,9-12,14H,2-5,7-8H2,1H3/t11-/m0/s1. The lowest BCUT2D eigenvalue weighted by Crippen LogP contribution is -2.30. The molecule has 1 aliphatic carbocycles. The quantitative estimate of drug-likeness (QED) is 0.765. The van der Waals surface area contributed by atoms with Crippen LogP contribution in [0.4, 0.5) is 0 Å². The molecular formula is C13H21NO. The minimum absolute atomic E-state index is 0.350. The largest absolute Gasteiger partial charge is 0.468 e. The Morgan fingerprint density at radius 3 is 2.60 bits per heavy atom. The van der Waals surface area contributed by atoms with Crippen LogP contribution in [0.1, 0.15) is 57.3 Å². The van der Waals surface area contributed by atoms with Crippen molar-refractivity contribution >= 4 is 0 Å². The summed E-state index contributed by atoms with van der Waals surface area (Å²) >= 11 is 0. The first-order valence-electron chi connectivity index (χ1n) is 6.16. The smallest absolute Gasteiger partial charge is 0.120 e. The van der Waals surface area contributed by atoms with Crippen LogP contribution in [0.5, 0.6) is 0 Å². The Balaban J connectivity index is 1.84. The summed E-state index contributed by atoms with van der Waals surface area (Å²) in [5, 5.41) is 3.67. The molecule has 0 amide bonds. The summed E-state index contributed by atoms with van der Waals surface area (Å²) in [6.45, 7) is 2.18. The molecule has 1 fully saturated rings. The lowest BCUT2D eigenvalue weighted by molar-refractivity contribution is 0.366. The van der Waals surface area contributed by atoms with Crippen molar-refractivity contribution in [1.82, 2.24) is 5.32 Å². The predicted molar refractivity (Wildman–Crippen MR) is 61.7 cm³/mol. The number of furan rings is 1. The summed E-state index contributed by atoms with van der Waals surface area (Å²) in [4.78, 5) is 0. The summed E-state index contributed by atoms with van der Waals surface area (Å²) in [5.74, 6) is 1.05. The van der Waals surface area contributed by atoms with E-state index >= 15 is 0 Å². The Kier molecular flexibility index (Phi) is 3.84. The van der Waals surface area contributed by atoms with Crippen LogP contribution in [-0.2, 0) is 0 Å². The van der Waals surface area contributed by atoms with Gasteiger partial charge in [-0.05, 0) is 31.9 Å². The zero-order valence-electron chi connectivity index (χ0n) is 9.54. The van der Waals surface area contributed by atoms with E-state index in [2.05, 4.69) is 12.2 Å². The Morgan fingerprint density at radius 1 is 1.27 bits per heavy atom. The summed E-state index contributed by atoms with van der Waals surface area (Å²) < 4.78 is 5.41. The molecule has 84 valence electrons. The van der Waals surface area contributed by atoms with Crippen LogP contribution in [0.2, 0.25) is 0 Å². The van der Waals surface area contributed by atoms with E-state index in [0.717, 1.165) is 5.76 Å². The van der Waals surface area contributed by atoms with Gasteiger partial charge in [-0.15, -0.1) is 0 Å². The van der Waals surface area contributed by atoms with Crippen LogP contribution in [0.15, 0.2) is 22.8 Å². The summed E-state index contributed by atoms with van der Waals surface area (Å²) in [7, 11) is 0. The maximum absolute atomic E-state index is 5.41. The summed E-state index contributed by atoms with van der Waals surface area (Å²) in [5.41, 5.74) is 0. The van der Waals surface area contributed by atoms with Crippen molar-refractivity contribution < 1.29 is 4.42 Å². The molecule has 0 saturated heterocycles.